The van der Waals surface area contributed by atoms with Crippen LogP contribution >= 0.6 is 23.8 Å². The Bertz CT molecular complexity index is 1210. The van der Waals surface area contributed by atoms with Crippen molar-refractivity contribution in [3.63, 3.8) is 0 Å². The fourth-order valence-electron chi connectivity index (χ4n) is 3.41. The zero-order chi connectivity index (χ0) is 21.5. The second-order valence-electron chi connectivity index (χ2n) is 7.13. The number of halogens is 1. The molecule has 0 N–H and O–H groups in total. The molecule has 2 heteroatoms. The van der Waals surface area contributed by atoms with Gasteiger partial charge in [0.1, 0.15) is 0 Å². The first-order chi connectivity index (χ1) is 15.2. The SMILES string of the molecule is S=C(/C=C(\C(=C\c1ccc(Cl)cc1)c1ccccc1)c1ccccc1)c1ccccc1. The van der Waals surface area contributed by atoms with Gasteiger partial charge in [0.2, 0.25) is 0 Å². The van der Waals surface area contributed by atoms with Crippen LogP contribution in [0, 0.1) is 0 Å². The maximum atomic E-state index is 6.11. The highest BCUT2D eigenvalue weighted by molar-refractivity contribution is 7.81. The first kappa shape index (κ1) is 21.0. The molecule has 0 saturated carbocycles. The predicted molar refractivity (Wildman–Crippen MR) is 138 cm³/mol. The van der Waals surface area contributed by atoms with Crippen molar-refractivity contribution in [1.82, 2.24) is 0 Å². The van der Waals surface area contributed by atoms with Gasteiger partial charge in [-0.05, 0) is 57.7 Å². The molecule has 0 heterocycles. The molecular weight excluding hydrogens is 416 g/mol. The topological polar surface area (TPSA) is 0 Å². The predicted octanol–water partition coefficient (Wildman–Crippen LogP) is 8.38. The Balaban J connectivity index is 1.91. The Morgan fingerprint density at radius 1 is 0.548 bits per heavy atom. The van der Waals surface area contributed by atoms with E-state index >= 15 is 0 Å². The third-order valence-electron chi connectivity index (χ3n) is 4.97. The highest BCUT2D eigenvalue weighted by atomic mass is 35.5. The van der Waals surface area contributed by atoms with Crippen molar-refractivity contribution in [2.24, 2.45) is 0 Å². The standard InChI is InChI=1S/C29H21ClS/c30-26-18-16-22(17-19-26)20-27(23-10-4-1-5-11-23)28(24-12-6-2-7-13-24)21-29(31)25-14-8-3-9-15-25/h1-21H/b27-20+,28-21-. The van der Waals surface area contributed by atoms with Crippen molar-refractivity contribution in [3.05, 3.63) is 149 Å². The van der Waals surface area contributed by atoms with Crippen LogP contribution in [0.2, 0.25) is 5.02 Å². The zero-order valence-corrected chi connectivity index (χ0v) is 18.5. The van der Waals surface area contributed by atoms with Crippen LogP contribution in [0.3, 0.4) is 0 Å². The minimum absolute atomic E-state index is 0.725. The summed E-state index contributed by atoms with van der Waals surface area (Å²) in [6, 6.07) is 38.8. The fourth-order valence-corrected chi connectivity index (χ4v) is 3.79. The van der Waals surface area contributed by atoms with Gasteiger partial charge >= 0.3 is 0 Å². The minimum atomic E-state index is 0.725. The maximum absolute atomic E-state index is 6.11. The van der Waals surface area contributed by atoms with E-state index in [0.717, 1.165) is 43.3 Å². The highest BCUT2D eigenvalue weighted by Gasteiger charge is 2.12. The van der Waals surface area contributed by atoms with E-state index in [1.165, 1.54) is 0 Å². The third-order valence-corrected chi connectivity index (χ3v) is 5.58. The van der Waals surface area contributed by atoms with Gasteiger partial charge < -0.3 is 0 Å². The van der Waals surface area contributed by atoms with Crippen molar-refractivity contribution in [1.29, 1.82) is 0 Å². The molecule has 0 radical (unpaired) electrons. The molecule has 0 saturated heterocycles. The molecular formula is C29H21ClS. The van der Waals surface area contributed by atoms with E-state index in [1.807, 2.05) is 66.7 Å². The van der Waals surface area contributed by atoms with Gasteiger partial charge in [-0.3, -0.25) is 0 Å². The van der Waals surface area contributed by atoms with Gasteiger partial charge in [-0.2, -0.15) is 0 Å². The van der Waals surface area contributed by atoms with Crippen LogP contribution in [0.1, 0.15) is 22.3 Å². The van der Waals surface area contributed by atoms with Crippen LogP contribution < -0.4 is 0 Å². The lowest BCUT2D eigenvalue weighted by Crippen LogP contribution is -1.98. The Kier molecular flexibility index (Phi) is 6.89. The lowest BCUT2D eigenvalue weighted by atomic mass is 9.89. The Hall–Kier alpha value is -3.26. The molecule has 4 aromatic carbocycles. The van der Waals surface area contributed by atoms with Gasteiger partial charge in [-0.1, -0.05) is 127 Å². The molecule has 4 rings (SSSR count). The van der Waals surface area contributed by atoms with E-state index in [1.54, 1.807) is 0 Å². The first-order valence-electron chi connectivity index (χ1n) is 10.1. The lowest BCUT2D eigenvalue weighted by molar-refractivity contribution is 1.58. The summed E-state index contributed by atoms with van der Waals surface area (Å²) >= 11 is 11.9. The van der Waals surface area contributed by atoms with Crippen molar-refractivity contribution >= 4 is 45.9 Å². The maximum Gasteiger partial charge on any atom is 0.0455 e. The molecule has 4 aromatic rings. The van der Waals surface area contributed by atoms with Gasteiger partial charge in [0.05, 0.1) is 0 Å². The molecule has 150 valence electrons. The number of hydrogen-bond donors (Lipinski definition) is 0. The Morgan fingerprint density at radius 3 is 1.52 bits per heavy atom. The summed E-state index contributed by atoms with van der Waals surface area (Å²) in [5.74, 6) is 0. The molecule has 0 bridgehead atoms. The summed E-state index contributed by atoms with van der Waals surface area (Å²) in [4.78, 5) is 0.803. The summed E-state index contributed by atoms with van der Waals surface area (Å²) < 4.78 is 0. The van der Waals surface area contributed by atoms with Crippen LogP contribution in [0.4, 0.5) is 0 Å². The average molecular weight is 437 g/mol. The van der Waals surface area contributed by atoms with E-state index in [-0.39, 0.29) is 0 Å². The molecule has 0 atom stereocenters. The van der Waals surface area contributed by atoms with Crippen LogP contribution in [-0.4, -0.2) is 4.86 Å². The third kappa shape index (κ3) is 5.46. The van der Waals surface area contributed by atoms with Crippen LogP contribution in [0.25, 0.3) is 17.2 Å². The van der Waals surface area contributed by atoms with Gasteiger partial charge in [0, 0.05) is 9.89 Å². The van der Waals surface area contributed by atoms with Crippen molar-refractivity contribution in [2.45, 2.75) is 0 Å². The summed E-state index contributed by atoms with van der Waals surface area (Å²) in [6.07, 6.45) is 4.30. The molecule has 0 aliphatic rings. The molecule has 0 unspecified atom stereocenters. The van der Waals surface area contributed by atoms with Gasteiger partial charge in [0.15, 0.2) is 0 Å². The van der Waals surface area contributed by atoms with Crippen LogP contribution in [0.5, 0.6) is 0 Å². The van der Waals surface area contributed by atoms with Crippen molar-refractivity contribution in [3.8, 4) is 0 Å². The molecule has 0 aliphatic carbocycles. The first-order valence-corrected chi connectivity index (χ1v) is 10.9. The average Bonchev–Trinajstić information content (AvgIpc) is 2.84. The number of benzene rings is 4. The van der Waals surface area contributed by atoms with Gasteiger partial charge in [-0.25, -0.2) is 0 Å². The van der Waals surface area contributed by atoms with E-state index in [2.05, 4.69) is 60.7 Å². The number of rotatable bonds is 6. The molecule has 0 aliphatic heterocycles. The van der Waals surface area contributed by atoms with Gasteiger partial charge in [-0.15, -0.1) is 0 Å². The monoisotopic (exact) mass is 436 g/mol. The molecule has 0 fully saturated rings. The fraction of sp³-hybridized carbons (Fsp3) is 0. The Morgan fingerprint density at radius 2 is 1.00 bits per heavy atom. The second-order valence-corrected chi connectivity index (χ2v) is 8.01. The molecule has 0 spiro atoms. The van der Waals surface area contributed by atoms with E-state index < -0.39 is 0 Å². The number of hydrogen-bond acceptors (Lipinski definition) is 1. The normalized spacial score (nSPS) is 11.9. The summed E-state index contributed by atoms with van der Waals surface area (Å²) in [5, 5.41) is 0.725. The molecule has 0 nitrogen and oxygen atoms in total. The highest BCUT2D eigenvalue weighted by Crippen LogP contribution is 2.34. The largest absolute Gasteiger partial charge is 0.0843 e. The summed E-state index contributed by atoms with van der Waals surface area (Å²) in [7, 11) is 0. The minimum Gasteiger partial charge on any atom is -0.0843 e. The van der Waals surface area contributed by atoms with Crippen LogP contribution in [0.15, 0.2) is 121 Å². The summed E-state index contributed by atoms with van der Waals surface area (Å²) in [5.41, 5.74) is 6.54. The number of thiocarbonyl (C=S) groups is 1. The van der Waals surface area contributed by atoms with E-state index in [9.17, 15) is 0 Å². The lowest BCUT2D eigenvalue weighted by Gasteiger charge is -2.15. The molecule has 0 amide bonds. The van der Waals surface area contributed by atoms with Crippen LogP contribution in [-0.2, 0) is 0 Å². The van der Waals surface area contributed by atoms with E-state index in [0.29, 0.717) is 0 Å². The van der Waals surface area contributed by atoms with Crippen molar-refractivity contribution in [2.75, 3.05) is 0 Å². The molecule has 0 aromatic heterocycles. The zero-order valence-electron chi connectivity index (χ0n) is 16.9. The van der Waals surface area contributed by atoms with Gasteiger partial charge in [0.25, 0.3) is 0 Å². The summed E-state index contributed by atoms with van der Waals surface area (Å²) in [6.45, 7) is 0. The van der Waals surface area contributed by atoms with E-state index in [4.69, 9.17) is 23.8 Å². The smallest absolute Gasteiger partial charge is 0.0455 e. The molecule has 31 heavy (non-hydrogen) atoms. The Labute approximate surface area is 194 Å². The van der Waals surface area contributed by atoms with Crippen molar-refractivity contribution < 1.29 is 0 Å². The second kappa shape index (κ2) is 10.2. The quantitative estimate of drug-likeness (QED) is 0.0960. The number of allylic oxidation sites excluding steroid dienone is 3.